The van der Waals surface area contributed by atoms with Crippen molar-refractivity contribution in [2.75, 3.05) is 6.61 Å². The maximum absolute atomic E-state index is 13.4. The Bertz CT molecular complexity index is 560. The van der Waals surface area contributed by atoms with Crippen LogP contribution in [-0.4, -0.2) is 17.6 Å². The molecule has 0 aliphatic heterocycles. The number of carbonyl (C=O) groups is 1. The number of aromatic nitrogens is 1. The first-order valence-corrected chi connectivity index (χ1v) is 5.20. The van der Waals surface area contributed by atoms with Crippen LogP contribution in [0, 0.1) is 11.6 Å². The summed E-state index contributed by atoms with van der Waals surface area (Å²) in [6.45, 7) is 1.81. The summed E-state index contributed by atoms with van der Waals surface area (Å²) in [5.41, 5.74) is -0.539. The van der Waals surface area contributed by atoms with Gasteiger partial charge in [0.2, 0.25) is 5.89 Å². The Morgan fingerprint density at radius 1 is 1.39 bits per heavy atom. The zero-order valence-electron chi connectivity index (χ0n) is 9.44. The first kappa shape index (κ1) is 12.2. The van der Waals surface area contributed by atoms with E-state index in [9.17, 15) is 13.6 Å². The molecule has 0 radical (unpaired) electrons. The van der Waals surface area contributed by atoms with E-state index in [1.165, 1.54) is 6.07 Å². The lowest BCUT2D eigenvalue weighted by Gasteiger charge is -1.99. The first-order valence-electron chi connectivity index (χ1n) is 5.20. The number of rotatable bonds is 3. The Labute approximate surface area is 101 Å². The molecule has 6 heteroatoms. The average Bonchev–Trinajstić information content (AvgIpc) is 2.78. The van der Waals surface area contributed by atoms with Crippen molar-refractivity contribution in [2.24, 2.45) is 0 Å². The second-order valence-electron chi connectivity index (χ2n) is 3.36. The van der Waals surface area contributed by atoms with E-state index in [1.807, 2.05) is 0 Å². The Morgan fingerprint density at radius 3 is 2.67 bits per heavy atom. The van der Waals surface area contributed by atoms with Gasteiger partial charge in [0.25, 0.3) is 0 Å². The van der Waals surface area contributed by atoms with Gasteiger partial charge in [-0.25, -0.2) is 18.6 Å². The van der Waals surface area contributed by atoms with E-state index in [2.05, 4.69) is 9.72 Å². The van der Waals surface area contributed by atoms with Crippen molar-refractivity contribution in [3.05, 3.63) is 41.8 Å². The van der Waals surface area contributed by atoms with E-state index >= 15 is 0 Å². The van der Waals surface area contributed by atoms with Crippen LogP contribution in [0.1, 0.15) is 17.4 Å². The third-order valence-corrected chi connectivity index (χ3v) is 2.17. The van der Waals surface area contributed by atoms with Gasteiger partial charge in [-0.1, -0.05) is 6.07 Å². The minimum atomic E-state index is -0.813. The molecule has 0 saturated carbocycles. The molecule has 0 unspecified atom stereocenters. The fourth-order valence-electron chi connectivity index (χ4n) is 1.39. The van der Waals surface area contributed by atoms with Gasteiger partial charge in [-0.05, 0) is 19.1 Å². The Hall–Kier alpha value is -2.24. The van der Waals surface area contributed by atoms with Gasteiger partial charge in [-0.2, -0.15) is 0 Å². The molecule has 0 bridgehead atoms. The summed E-state index contributed by atoms with van der Waals surface area (Å²) >= 11 is 0. The molecule has 2 aromatic rings. The number of carbonyl (C=O) groups excluding carboxylic acids is 1. The van der Waals surface area contributed by atoms with Crippen molar-refractivity contribution in [1.29, 1.82) is 0 Å². The molecule has 18 heavy (non-hydrogen) atoms. The summed E-state index contributed by atoms with van der Waals surface area (Å²) in [5.74, 6) is -2.63. The van der Waals surface area contributed by atoms with Crippen LogP contribution < -0.4 is 0 Å². The number of hydrogen-bond donors (Lipinski definition) is 0. The van der Waals surface area contributed by atoms with E-state index in [1.54, 1.807) is 6.92 Å². The van der Waals surface area contributed by atoms with E-state index in [0.717, 1.165) is 18.4 Å². The third-order valence-electron chi connectivity index (χ3n) is 2.17. The van der Waals surface area contributed by atoms with Gasteiger partial charge in [-0.15, -0.1) is 0 Å². The zero-order chi connectivity index (χ0) is 13.1. The third kappa shape index (κ3) is 2.22. The molecule has 0 amide bonds. The number of hydrogen-bond acceptors (Lipinski definition) is 4. The Kier molecular flexibility index (Phi) is 3.36. The summed E-state index contributed by atoms with van der Waals surface area (Å²) in [7, 11) is 0. The average molecular weight is 253 g/mol. The molecule has 0 N–H and O–H groups in total. The number of nitrogens with zero attached hydrogens (tertiary/aromatic N) is 1. The van der Waals surface area contributed by atoms with Crippen LogP contribution in [0.2, 0.25) is 0 Å². The van der Waals surface area contributed by atoms with Crippen LogP contribution >= 0.6 is 0 Å². The van der Waals surface area contributed by atoms with Gasteiger partial charge in [-0.3, -0.25) is 0 Å². The van der Waals surface area contributed by atoms with Crippen LogP contribution in [0.3, 0.4) is 0 Å². The summed E-state index contributed by atoms with van der Waals surface area (Å²) in [6.07, 6.45) is 0.999. The molecule has 1 heterocycles. The van der Waals surface area contributed by atoms with Crippen molar-refractivity contribution in [2.45, 2.75) is 6.92 Å². The van der Waals surface area contributed by atoms with E-state index in [4.69, 9.17) is 4.42 Å². The van der Waals surface area contributed by atoms with Crippen molar-refractivity contribution in [3.8, 4) is 11.5 Å². The SMILES string of the molecule is CCOC(=O)c1coc(-c2c(F)cccc2F)n1. The first-order chi connectivity index (χ1) is 8.63. The highest BCUT2D eigenvalue weighted by Crippen LogP contribution is 2.25. The van der Waals surface area contributed by atoms with E-state index in [0.29, 0.717) is 0 Å². The van der Waals surface area contributed by atoms with Crippen molar-refractivity contribution in [1.82, 2.24) is 4.98 Å². The highest BCUT2D eigenvalue weighted by atomic mass is 19.1. The highest BCUT2D eigenvalue weighted by Gasteiger charge is 2.19. The van der Waals surface area contributed by atoms with Crippen LogP contribution in [0.15, 0.2) is 28.9 Å². The minimum absolute atomic E-state index is 0.130. The smallest absolute Gasteiger partial charge is 0.360 e. The van der Waals surface area contributed by atoms with Crippen LogP contribution in [-0.2, 0) is 4.74 Å². The van der Waals surface area contributed by atoms with E-state index in [-0.39, 0.29) is 18.2 Å². The molecule has 0 atom stereocenters. The molecule has 0 aliphatic rings. The summed E-state index contributed by atoms with van der Waals surface area (Å²) in [5, 5.41) is 0. The number of halogens is 2. The lowest BCUT2D eigenvalue weighted by molar-refractivity contribution is 0.0519. The molecule has 94 valence electrons. The molecular formula is C12H9F2NO3. The maximum atomic E-state index is 13.4. The fourth-order valence-corrected chi connectivity index (χ4v) is 1.39. The second-order valence-corrected chi connectivity index (χ2v) is 3.36. The van der Waals surface area contributed by atoms with Crippen molar-refractivity contribution in [3.63, 3.8) is 0 Å². The molecule has 1 aromatic heterocycles. The van der Waals surface area contributed by atoms with Crippen LogP contribution in [0.4, 0.5) is 8.78 Å². The maximum Gasteiger partial charge on any atom is 0.360 e. The zero-order valence-corrected chi connectivity index (χ0v) is 9.44. The highest BCUT2D eigenvalue weighted by molar-refractivity contribution is 5.87. The molecule has 0 spiro atoms. The summed E-state index contributed by atoms with van der Waals surface area (Å²) < 4.78 is 36.5. The quantitative estimate of drug-likeness (QED) is 0.789. The number of oxazole rings is 1. The van der Waals surface area contributed by atoms with Gasteiger partial charge in [0.15, 0.2) is 5.69 Å². The summed E-state index contributed by atoms with van der Waals surface area (Å²) in [6, 6.07) is 3.38. The van der Waals surface area contributed by atoms with Gasteiger partial charge >= 0.3 is 5.97 Å². The molecule has 2 rings (SSSR count). The molecule has 0 aliphatic carbocycles. The Balaban J connectivity index is 2.38. The van der Waals surface area contributed by atoms with E-state index < -0.39 is 23.2 Å². The van der Waals surface area contributed by atoms with Crippen molar-refractivity contribution < 1.29 is 22.7 Å². The van der Waals surface area contributed by atoms with Gasteiger partial charge in [0.05, 0.1) is 6.61 Å². The standard InChI is InChI=1S/C12H9F2NO3/c1-2-17-12(16)9-6-18-11(15-9)10-7(13)4-3-5-8(10)14/h3-6H,2H2,1H3. The predicted molar refractivity (Wildman–Crippen MR) is 57.8 cm³/mol. The van der Waals surface area contributed by atoms with Gasteiger partial charge in [0.1, 0.15) is 23.5 Å². The van der Waals surface area contributed by atoms with Gasteiger partial charge in [0, 0.05) is 0 Å². The topological polar surface area (TPSA) is 52.3 Å². The normalized spacial score (nSPS) is 10.4. The van der Waals surface area contributed by atoms with Gasteiger partial charge < -0.3 is 9.15 Å². The largest absolute Gasteiger partial charge is 0.461 e. The van der Waals surface area contributed by atoms with Crippen molar-refractivity contribution >= 4 is 5.97 Å². The Morgan fingerprint density at radius 2 is 2.06 bits per heavy atom. The molecule has 4 nitrogen and oxygen atoms in total. The lowest BCUT2D eigenvalue weighted by Crippen LogP contribution is -2.04. The molecule has 1 aromatic carbocycles. The summed E-state index contributed by atoms with van der Waals surface area (Å²) in [4.78, 5) is 15.0. The number of ether oxygens (including phenoxy) is 1. The lowest BCUT2D eigenvalue weighted by atomic mass is 10.2. The molecule has 0 saturated heterocycles. The monoisotopic (exact) mass is 253 g/mol. The van der Waals surface area contributed by atoms with Crippen LogP contribution in [0.25, 0.3) is 11.5 Å². The second kappa shape index (κ2) is 4.95. The molecule has 0 fully saturated rings. The predicted octanol–water partition coefficient (Wildman–Crippen LogP) is 2.80. The fraction of sp³-hybridized carbons (Fsp3) is 0.167. The minimum Gasteiger partial charge on any atom is -0.461 e. The number of benzene rings is 1. The molecular weight excluding hydrogens is 244 g/mol. The number of esters is 1. The van der Waals surface area contributed by atoms with Crippen LogP contribution in [0.5, 0.6) is 0 Å².